The van der Waals surface area contributed by atoms with Gasteiger partial charge in [-0.15, -0.1) is 0 Å². The Labute approximate surface area is 199 Å². The van der Waals surface area contributed by atoms with Crippen molar-refractivity contribution in [2.75, 3.05) is 26.4 Å². The van der Waals surface area contributed by atoms with Crippen molar-refractivity contribution in [2.24, 2.45) is 0 Å². The SMILES string of the molecule is CCCCOC(CCC)(OCCCC)[SiH2]C[SiH2]C(CCC)(OCCCC)OCCCC. The molecule has 0 rings (SSSR count). The van der Waals surface area contributed by atoms with E-state index >= 15 is 0 Å². The highest BCUT2D eigenvalue weighted by Gasteiger charge is 2.35. The molecule has 4 nitrogen and oxygen atoms in total. The predicted molar refractivity (Wildman–Crippen MR) is 141 cm³/mol. The molecule has 0 unspecified atom stereocenters. The fourth-order valence-electron chi connectivity index (χ4n) is 3.91. The lowest BCUT2D eigenvalue weighted by molar-refractivity contribution is -0.188. The standard InChI is InChI=1S/C25H56O4Si2/c1-7-13-19-26-24(17-11-5,27-20-14-8-2)30-23-31-25(18-12-6,28-21-15-9-3)29-22-16-10-4/h7-23,30-31H2,1-6H3. The van der Waals surface area contributed by atoms with Crippen LogP contribution in [0.4, 0.5) is 0 Å². The van der Waals surface area contributed by atoms with Gasteiger partial charge in [0.05, 0.1) is 19.0 Å². The van der Waals surface area contributed by atoms with Gasteiger partial charge in [-0.1, -0.05) is 85.7 Å². The minimum absolute atomic E-state index is 0.281. The van der Waals surface area contributed by atoms with Gasteiger partial charge >= 0.3 is 0 Å². The molecule has 0 radical (unpaired) electrons. The maximum atomic E-state index is 6.51. The van der Waals surface area contributed by atoms with E-state index in [2.05, 4.69) is 41.5 Å². The van der Waals surface area contributed by atoms with Crippen molar-refractivity contribution in [3.63, 3.8) is 0 Å². The Morgan fingerprint density at radius 2 is 0.742 bits per heavy atom. The van der Waals surface area contributed by atoms with Crippen LogP contribution in [0.15, 0.2) is 0 Å². The summed E-state index contributed by atoms with van der Waals surface area (Å²) < 4.78 is 26.0. The van der Waals surface area contributed by atoms with Crippen LogP contribution >= 0.6 is 0 Å². The topological polar surface area (TPSA) is 36.9 Å². The normalized spacial score (nSPS) is 13.4. The fourth-order valence-corrected chi connectivity index (χ4v) is 11.3. The molecule has 0 aliphatic heterocycles. The largest absolute Gasteiger partial charge is 0.354 e. The zero-order valence-electron chi connectivity index (χ0n) is 22.1. The Balaban J connectivity index is 5.21. The van der Waals surface area contributed by atoms with Crippen LogP contribution in [-0.4, -0.2) is 56.3 Å². The number of hydrogen-bond donors (Lipinski definition) is 0. The first-order chi connectivity index (χ1) is 15.1. The third kappa shape index (κ3) is 14.9. The summed E-state index contributed by atoms with van der Waals surface area (Å²) >= 11 is 0. The van der Waals surface area contributed by atoms with Gasteiger partial charge in [-0.2, -0.15) is 0 Å². The van der Waals surface area contributed by atoms with E-state index in [9.17, 15) is 0 Å². The second kappa shape index (κ2) is 20.9. The van der Waals surface area contributed by atoms with E-state index in [0.29, 0.717) is 0 Å². The molecule has 6 heteroatoms. The van der Waals surface area contributed by atoms with Gasteiger partial charge < -0.3 is 18.9 Å². The van der Waals surface area contributed by atoms with Gasteiger partial charge in [0.1, 0.15) is 10.8 Å². The predicted octanol–water partition coefficient (Wildman–Crippen LogP) is 5.87. The van der Waals surface area contributed by atoms with Gasteiger partial charge in [-0.3, -0.25) is 0 Å². The molecule has 31 heavy (non-hydrogen) atoms. The molecular weight excluding hydrogens is 420 g/mol. The molecule has 0 bridgehead atoms. The minimum Gasteiger partial charge on any atom is -0.354 e. The van der Waals surface area contributed by atoms with Gasteiger partial charge in [-0.05, 0) is 38.5 Å². The summed E-state index contributed by atoms with van der Waals surface area (Å²) in [5.74, 6) is 0. The Morgan fingerprint density at radius 1 is 0.452 bits per heavy atom. The summed E-state index contributed by atoms with van der Waals surface area (Å²) in [6.45, 7) is 16.8. The first-order valence-corrected chi connectivity index (χ1v) is 17.0. The molecule has 0 fully saturated rings. The summed E-state index contributed by atoms with van der Waals surface area (Å²) in [6.07, 6.45) is 13.5. The quantitative estimate of drug-likeness (QED) is 0.0991. The monoisotopic (exact) mass is 476 g/mol. The molecule has 0 aliphatic carbocycles. The summed E-state index contributed by atoms with van der Waals surface area (Å²) in [4.78, 5) is 0. The second-order valence-electron chi connectivity index (χ2n) is 8.98. The van der Waals surface area contributed by atoms with Crippen molar-refractivity contribution < 1.29 is 18.9 Å². The van der Waals surface area contributed by atoms with Crippen molar-refractivity contribution in [3.8, 4) is 0 Å². The van der Waals surface area contributed by atoms with E-state index in [1.54, 1.807) is 0 Å². The molecule has 0 saturated heterocycles. The Hall–Kier alpha value is 0.274. The van der Waals surface area contributed by atoms with Crippen molar-refractivity contribution in [1.82, 2.24) is 0 Å². The molecule has 0 amide bonds. The van der Waals surface area contributed by atoms with E-state index in [4.69, 9.17) is 18.9 Å². The van der Waals surface area contributed by atoms with Gasteiger partial charge in [0, 0.05) is 26.4 Å². The smallest absolute Gasteiger partial charge is 0.144 e. The summed E-state index contributed by atoms with van der Waals surface area (Å²) in [5, 5.41) is 0. The molecular formula is C25H56O4Si2. The van der Waals surface area contributed by atoms with Crippen LogP contribution in [0.2, 0.25) is 5.67 Å². The zero-order valence-corrected chi connectivity index (χ0v) is 24.9. The van der Waals surface area contributed by atoms with Crippen molar-refractivity contribution in [3.05, 3.63) is 0 Å². The second-order valence-corrected chi connectivity index (χ2v) is 15.0. The fraction of sp³-hybridized carbons (Fsp3) is 1.00. The Kier molecular flexibility index (Phi) is 21.0. The van der Waals surface area contributed by atoms with E-state index < -0.39 is 19.0 Å². The molecule has 0 heterocycles. The van der Waals surface area contributed by atoms with Crippen LogP contribution in [0.3, 0.4) is 0 Å². The van der Waals surface area contributed by atoms with Crippen LogP contribution in [0.1, 0.15) is 119 Å². The van der Waals surface area contributed by atoms with Crippen LogP contribution in [0.25, 0.3) is 0 Å². The molecule has 0 aromatic heterocycles. The molecule has 0 aromatic carbocycles. The lowest BCUT2D eigenvalue weighted by atomic mass is 10.3. The first kappa shape index (κ1) is 31.3. The summed E-state index contributed by atoms with van der Waals surface area (Å²) in [5.41, 5.74) is 0.713. The Morgan fingerprint density at radius 3 is 0.968 bits per heavy atom. The maximum absolute atomic E-state index is 6.51. The van der Waals surface area contributed by atoms with Crippen LogP contribution < -0.4 is 0 Å². The molecule has 0 aliphatic rings. The van der Waals surface area contributed by atoms with Gasteiger partial charge in [-0.25, -0.2) is 0 Å². The average molecular weight is 477 g/mol. The van der Waals surface area contributed by atoms with Gasteiger partial charge in [0.25, 0.3) is 0 Å². The van der Waals surface area contributed by atoms with Crippen LogP contribution in [-0.2, 0) is 18.9 Å². The molecule has 0 atom stereocenters. The van der Waals surface area contributed by atoms with Gasteiger partial charge in [0.2, 0.25) is 0 Å². The number of rotatable bonds is 24. The van der Waals surface area contributed by atoms with E-state index in [1.165, 1.54) is 31.4 Å². The van der Waals surface area contributed by atoms with Crippen LogP contribution in [0.5, 0.6) is 0 Å². The van der Waals surface area contributed by atoms with Crippen LogP contribution in [0, 0.1) is 0 Å². The third-order valence-electron chi connectivity index (χ3n) is 5.83. The lowest BCUT2D eigenvalue weighted by Crippen LogP contribution is -2.48. The summed E-state index contributed by atoms with van der Waals surface area (Å²) in [7, 11) is -1.09. The highest BCUT2D eigenvalue weighted by atomic mass is 28.3. The van der Waals surface area contributed by atoms with E-state index in [-0.39, 0.29) is 10.8 Å². The number of unbranched alkanes of at least 4 members (excludes halogenated alkanes) is 4. The number of hydrogen-bond acceptors (Lipinski definition) is 4. The van der Waals surface area contributed by atoms with Gasteiger partial charge in [0.15, 0.2) is 0 Å². The minimum atomic E-state index is -0.545. The molecule has 0 aromatic rings. The first-order valence-electron chi connectivity index (χ1n) is 13.6. The number of ether oxygens (including phenoxy) is 4. The highest BCUT2D eigenvalue weighted by Crippen LogP contribution is 2.26. The molecule has 188 valence electrons. The zero-order chi connectivity index (χ0) is 23.3. The van der Waals surface area contributed by atoms with Crippen molar-refractivity contribution >= 4 is 19.0 Å². The van der Waals surface area contributed by atoms with E-state index in [1.807, 2.05) is 0 Å². The van der Waals surface area contributed by atoms with Crippen molar-refractivity contribution in [2.45, 2.75) is 135 Å². The van der Waals surface area contributed by atoms with Crippen molar-refractivity contribution in [1.29, 1.82) is 0 Å². The summed E-state index contributed by atoms with van der Waals surface area (Å²) in [6, 6.07) is 0. The maximum Gasteiger partial charge on any atom is 0.144 e. The third-order valence-corrected chi connectivity index (χ3v) is 11.7. The average Bonchev–Trinajstić information content (AvgIpc) is 2.75. The van der Waals surface area contributed by atoms with E-state index in [0.717, 1.165) is 77.8 Å². The molecule has 0 N–H and O–H groups in total. The highest BCUT2D eigenvalue weighted by molar-refractivity contribution is 6.58. The Bertz CT molecular complexity index is 329. The lowest BCUT2D eigenvalue weighted by Gasteiger charge is -2.37. The molecule has 0 spiro atoms. The molecule has 0 saturated carbocycles.